The van der Waals surface area contributed by atoms with Crippen molar-refractivity contribution in [3.63, 3.8) is 0 Å². The van der Waals surface area contributed by atoms with Crippen LogP contribution in [0, 0.1) is 0 Å². The Labute approximate surface area is 113 Å². The lowest BCUT2D eigenvalue weighted by molar-refractivity contribution is 0.239. The van der Waals surface area contributed by atoms with Crippen molar-refractivity contribution >= 4 is 16.6 Å². The van der Waals surface area contributed by atoms with Crippen LogP contribution in [0.15, 0.2) is 30.5 Å². The largest absolute Gasteiger partial charge is 0.490 e. The van der Waals surface area contributed by atoms with E-state index in [1.54, 1.807) is 6.20 Å². The minimum Gasteiger partial charge on any atom is -0.490 e. The summed E-state index contributed by atoms with van der Waals surface area (Å²) in [7, 11) is 0. The predicted molar refractivity (Wildman–Crippen MR) is 77.3 cm³/mol. The van der Waals surface area contributed by atoms with Gasteiger partial charge in [-0.1, -0.05) is 0 Å². The van der Waals surface area contributed by atoms with Gasteiger partial charge in [0, 0.05) is 18.1 Å². The molecule has 19 heavy (non-hydrogen) atoms. The first-order chi connectivity index (χ1) is 9.34. The maximum Gasteiger partial charge on any atom is 0.143 e. The highest BCUT2D eigenvalue weighted by Gasteiger charge is 2.11. The van der Waals surface area contributed by atoms with Crippen LogP contribution >= 0.6 is 0 Å². The van der Waals surface area contributed by atoms with Gasteiger partial charge in [0.2, 0.25) is 0 Å². The molecule has 3 rings (SSSR count). The summed E-state index contributed by atoms with van der Waals surface area (Å²) in [4.78, 5) is 6.71. The van der Waals surface area contributed by atoms with Gasteiger partial charge < -0.3 is 10.5 Å². The number of benzene rings is 1. The molecule has 2 aromatic rings. The molecular formula is C15H19N3O. The van der Waals surface area contributed by atoms with Crippen LogP contribution in [0.4, 0.5) is 5.69 Å². The number of anilines is 1. The Balaban J connectivity index is 1.68. The molecule has 4 heteroatoms. The fourth-order valence-corrected chi connectivity index (χ4v) is 2.57. The van der Waals surface area contributed by atoms with Crippen LogP contribution in [0.3, 0.4) is 0 Å². The summed E-state index contributed by atoms with van der Waals surface area (Å²) >= 11 is 0. The number of pyridine rings is 1. The second kappa shape index (κ2) is 5.45. The van der Waals surface area contributed by atoms with E-state index in [-0.39, 0.29) is 0 Å². The predicted octanol–water partition coefficient (Wildman–Crippen LogP) is 2.29. The van der Waals surface area contributed by atoms with E-state index in [2.05, 4.69) is 9.88 Å². The van der Waals surface area contributed by atoms with E-state index in [0.717, 1.165) is 23.2 Å². The fourth-order valence-electron chi connectivity index (χ4n) is 2.57. The molecule has 1 aromatic heterocycles. The number of ether oxygens (including phenoxy) is 1. The lowest BCUT2D eigenvalue weighted by Gasteiger charge is -2.16. The summed E-state index contributed by atoms with van der Waals surface area (Å²) < 4.78 is 5.81. The molecule has 0 saturated carbocycles. The number of rotatable bonds is 4. The molecule has 1 aromatic carbocycles. The van der Waals surface area contributed by atoms with Crippen molar-refractivity contribution in [1.82, 2.24) is 9.88 Å². The maximum atomic E-state index is 6.13. The van der Waals surface area contributed by atoms with E-state index in [0.29, 0.717) is 12.3 Å². The van der Waals surface area contributed by atoms with Gasteiger partial charge in [-0.25, -0.2) is 0 Å². The van der Waals surface area contributed by atoms with E-state index in [4.69, 9.17) is 10.5 Å². The minimum atomic E-state index is 0.687. The molecule has 1 aliphatic heterocycles. The minimum absolute atomic E-state index is 0.687. The second-order valence-corrected chi connectivity index (χ2v) is 4.94. The number of fused-ring (bicyclic) bond motifs is 1. The number of nitrogens with zero attached hydrogens (tertiary/aromatic N) is 2. The van der Waals surface area contributed by atoms with Crippen LogP contribution in [0.1, 0.15) is 12.8 Å². The van der Waals surface area contributed by atoms with Crippen molar-refractivity contribution in [1.29, 1.82) is 0 Å². The van der Waals surface area contributed by atoms with Gasteiger partial charge in [0.05, 0.1) is 11.2 Å². The van der Waals surface area contributed by atoms with E-state index in [1.165, 1.54) is 25.9 Å². The van der Waals surface area contributed by atoms with Crippen LogP contribution in [0.2, 0.25) is 0 Å². The average Bonchev–Trinajstić information content (AvgIpc) is 2.95. The lowest BCUT2D eigenvalue weighted by Crippen LogP contribution is -2.25. The van der Waals surface area contributed by atoms with Gasteiger partial charge in [0.1, 0.15) is 12.4 Å². The third-order valence-electron chi connectivity index (χ3n) is 3.65. The standard InChI is InChI=1S/C15H19N3O/c16-15-12-4-3-7-17-13(12)5-6-14(15)19-11-10-18-8-1-2-9-18/h3-7H,1-2,8-11,16H2. The molecule has 1 fully saturated rings. The molecule has 2 heterocycles. The second-order valence-electron chi connectivity index (χ2n) is 4.94. The highest BCUT2D eigenvalue weighted by atomic mass is 16.5. The number of hydrogen-bond acceptors (Lipinski definition) is 4. The van der Waals surface area contributed by atoms with Crippen molar-refractivity contribution < 1.29 is 4.74 Å². The molecule has 1 aliphatic rings. The van der Waals surface area contributed by atoms with Crippen molar-refractivity contribution in [2.45, 2.75) is 12.8 Å². The van der Waals surface area contributed by atoms with E-state index in [1.807, 2.05) is 24.3 Å². The summed E-state index contributed by atoms with van der Waals surface area (Å²) in [5, 5.41) is 0.959. The Kier molecular flexibility index (Phi) is 3.51. The molecule has 0 atom stereocenters. The smallest absolute Gasteiger partial charge is 0.143 e. The van der Waals surface area contributed by atoms with Crippen LogP contribution < -0.4 is 10.5 Å². The number of nitrogen functional groups attached to an aromatic ring is 1. The van der Waals surface area contributed by atoms with Crippen LogP contribution in [-0.2, 0) is 0 Å². The number of nitrogens with two attached hydrogens (primary N) is 1. The normalized spacial score (nSPS) is 16.0. The first-order valence-electron chi connectivity index (χ1n) is 6.83. The Morgan fingerprint density at radius 2 is 2.05 bits per heavy atom. The monoisotopic (exact) mass is 257 g/mol. The third kappa shape index (κ3) is 2.63. The van der Waals surface area contributed by atoms with E-state index < -0.39 is 0 Å². The van der Waals surface area contributed by atoms with E-state index in [9.17, 15) is 0 Å². The molecule has 4 nitrogen and oxygen atoms in total. The van der Waals surface area contributed by atoms with Crippen LogP contribution in [0.5, 0.6) is 5.75 Å². The highest BCUT2D eigenvalue weighted by Crippen LogP contribution is 2.29. The van der Waals surface area contributed by atoms with Gasteiger partial charge >= 0.3 is 0 Å². The van der Waals surface area contributed by atoms with Gasteiger partial charge in [0.15, 0.2) is 0 Å². The molecular weight excluding hydrogens is 238 g/mol. The van der Waals surface area contributed by atoms with Gasteiger partial charge in [-0.15, -0.1) is 0 Å². The zero-order valence-electron chi connectivity index (χ0n) is 11.0. The van der Waals surface area contributed by atoms with Crippen LogP contribution in [-0.4, -0.2) is 36.1 Å². The zero-order chi connectivity index (χ0) is 13.1. The van der Waals surface area contributed by atoms with Gasteiger partial charge in [0.25, 0.3) is 0 Å². The van der Waals surface area contributed by atoms with Gasteiger partial charge in [-0.3, -0.25) is 9.88 Å². The Morgan fingerprint density at radius 3 is 2.89 bits per heavy atom. The molecule has 0 spiro atoms. The summed E-state index contributed by atoms with van der Waals surface area (Å²) in [6.45, 7) is 4.06. The zero-order valence-corrected chi connectivity index (χ0v) is 11.0. The van der Waals surface area contributed by atoms with Crippen LogP contribution in [0.25, 0.3) is 10.9 Å². The SMILES string of the molecule is Nc1c(OCCN2CCCC2)ccc2ncccc12. The number of likely N-dealkylation sites (tertiary alicyclic amines) is 1. The first-order valence-corrected chi connectivity index (χ1v) is 6.83. The summed E-state index contributed by atoms with van der Waals surface area (Å²) in [5.41, 5.74) is 7.73. The topological polar surface area (TPSA) is 51.4 Å². The number of aromatic nitrogens is 1. The molecule has 0 unspecified atom stereocenters. The summed E-state index contributed by atoms with van der Waals surface area (Å²) in [6.07, 6.45) is 4.39. The van der Waals surface area contributed by atoms with Crippen molar-refractivity contribution in [2.24, 2.45) is 0 Å². The maximum absolute atomic E-state index is 6.13. The van der Waals surface area contributed by atoms with Gasteiger partial charge in [-0.2, -0.15) is 0 Å². The molecule has 0 bridgehead atoms. The van der Waals surface area contributed by atoms with Crippen molar-refractivity contribution in [3.8, 4) is 5.75 Å². The highest BCUT2D eigenvalue weighted by molar-refractivity contribution is 5.93. The quantitative estimate of drug-likeness (QED) is 0.854. The third-order valence-corrected chi connectivity index (χ3v) is 3.65. The Hall–Kier alpha value is -1.81. The molecule has 2 N–H and O–H groups in total. The molecule has 0 aliphatic carbocycles. The average molecular weight is 257 g/mol. The van der Waals surface area contributed by atoms with Gasteiger partial charge in [-0.05, 0) is 50.2 Å². The lowest BCUT2D eigenvalue weighted by atomic mass is 10.1. The first kappa shape index (κ1) is 12.2. The Morgan fingerprint density at radius 1 is 1.21 bits per heavy atom. The van der Waals surface area contributed by atoms with Crippen molar-refractivity contribution in [2.75, 3.05) is 32.0 Å². The molecule has 0 amide bonds. The fraction of sp³-hybridized carbons (Fsp3) is 0.400. The molecule has 0 radical (unpaired) electrons. The number of hydrogen-bond donors (Lipinski definition) is 1. The molecule has 1 saturated heterocycles. The van der Waals surface area contributed by atoms with E-state index >= 15 is 0 Å². The summed E-state index contributed by atoms with van der Waals surface area (Å²) in [5.74, 6) is 0.764. The Bertz CT molecular complexity index is 564. The molecule has 100 valence electrons. The van der Waals surface area contributed by atoms with Crippen molar-refractivity contribution in [3.05, 3.63) is 30.5 Å². The summed E-state index contributed by atoms with van der Waals surface area (Å²) in [6, 6.07) is 7.74.